The third kappa shape index (κ3) is 4.57. The molecule has 0 spiro atoms. The molecule has 51 heavy (non-hydrogen) atoms. The van der Waals surface area contributed by atoms with E-state index in [1.54, 1.807) is 0 Å². The van der Waals surface area contributed by atoms with E-state index in [2.05, 4.69) is 195 Å². The van der Waals surface area contributed by atoms with Gasteiger partial charge in [0.1, 0.15) is 5.58 Å². The van der Waals surface area contributed by atoms with Gasteiger partial charge in [0.25, 0.3) is 0 Å². The third-order valence-electron chi connectivity index (χ3n) is 10.9. The summed E-state index contributed by atoms with van der Waals surface area (Å²) >= 11 is 0. The Morgan fingerprint density at radius 2 is 1.12 bits per heavy atom. The SMILES string of the molecule is CC1(C)c2ccccc2-c2cc(N(c3ccc(-c4ccccc4)cc3)c3cccc4c3oc3ccc5ccccc5c34)c(-c3ccccc3)cc21. The van der Waals surface area contributed by atoms with Gasteiger partial charge in [-0.05, 0) is 86.1 Å². The average molecular weight is 654 g/mol. The summed E-state index contributed by atoms with van der Waals surface area (Å²) in [6.07, 6.45) is 0. The van der Waals surface area contributed by atoms with Gasteiger partial charge in [-0.25, -0.2) is 0 Å². The van der Waals surface area contributed by atoms with E-state index in [0.717, 1.165) is 39.0 Å². The molecule has 9 aromatic rings. The van der Waals surface area contributed by atoms with Gasteiger partial charge < -0.3 is 9.32 Å². The van der Waals surface area contributed by atoms with Gasteiger partial charge in [-0.3, -0.25) is 0 Å². The van der Waals surface area contributed by atoms with E-state index in [0.29, 0.717) is 0 Å². The van der Waals surface area contributed by atoms with Gasteiger partial charge in [0.05, 0.1) is 11.4 Å². The average Bonchev–Trinajstić information content (AvgIpc) is 3.68. The lowest BCUT2D eigenvalue weighted by Crippen LogP contribution is -2.16. The molecule has 1 heterocycles. The molecule has 2 heteroatoms. The highest BCUT2D eigenvalue weighted by atomic mass is 16.3. The fourth-order valence-electron chi connectivity index (χ4n) is 8.34. The topological polar surface area (TPSA) is 16.4 Å². The molecule has 1 aliphatic carbocycles. The fourth-order valence-corrected chi connectivity index (χ4v) is 8.34. The second-order valence-electron chi connectivity index (χ2n) is 14.1. The zero-order valence-corrected chi connectivity index (χ0v) is 28.6. The second kappa shape index (κ2) is 11.3. The first kappa shape index (κ1) is 29.5. The highest BCUT2D eigenvalue weighted by Crippen LogP contribution is 2.54. The lowest BCUT2D eigenvalue weighted by Gasteiger charge is -2.30. The maximum Gasteiger partial charge on any atom is 0.159 e. The monoisotopic (exact) mass is 653 g/mol. The van der Waals surface area contributed by atoms with Crippen molar-refractivity contribution < 1.29 is 4.42 Å². The Balaban J connectivity index is 1.29. The molecule has 0 fully saturated rings. The Hall–Kier alpha value is -6.38. The van der Waals surface area contributed by atoms with E-state index in [1.165, 1.54) is 55.3 Å². The van der Waals surface area contributed by atoms with Crippen molar-refractivity contribution >= 4 is 49.8 Å². The maximum atomic E-state index is 6.89. The molecular weight excluding hydrogens is 619 g/mol. The molecule has 10 rings (SSSR count). The van der Waals surface area contributed by atoms with E-state index >= 15 is 0 Å². The Morgan fingerprint density at radius 1 is 0.451 bits per heavy atom. The molecule has 8 aromatic carbocycles. The number of benzene rings is 8. The predicted octanol–water partition coefficient (Wildman–Crippen LogP) is 13.8. The maximum absolute atomic E-state index is 6.89. The van der Waals surface area contributed by atoms with Crippen LogP contribution in [0.5, 0.6) is 0 Å². The van der Waals surface area contributed by atoms with Crippen LogP contribution in [0.4, 0.5) is 17.1 Å². The van der Waals surface area contributed by atoms with Crippen molar-refractivity contribution in [3.05, 3.63) is 187 Å². The van der Waals surface area contributed by atoms with Gasteiger partial charge in [0.2, 0.25) is 0 Å². The quantitative estimate of drug-likeness (QED) is 0.184. The molecule has 0 amide bonds. The summed E-state index contributed by atoms with van der Waals surface area (Å²) in [6, 6.07) is 63.6. The molecular formula is C49H35NO. The van der Waals surface area contributed by atoms with Gasteiger partial charge in [0.15, 0.2) is 5.58 Å². The Bertz CT molecular complexity index is 2760. The van der Waals surface area contributed by atoms with Crippen LogP contribution in [-0.2, 0) is 5.41 Å². The number of para-hydroxylation sites is 1. The minimum Gasteiger partial charge on any atom is -0.454 e. The first-order valence-corrected chi connectivity index (χ1v) is 17.7. The first-order chi connectivity index (χ1) is 25.1. The molecule has 0 bridgehead atoms. The summed E-state index contributed by atoms with van der Waals surface area (Å²) < 4.78 is 6.89. The van der Waals surface area contributed by atoms with Crippen LogP contribution in [0.3, 0.4) is 0 Å². The smallest absolute Gasteiger partial charge is 0.159 e. The molecule has 2 nitrogen and oxygen atoms in total. The highest BCUT2D eigenvalue weighted by molar-refractivity contribution is 6.21. The highest BCUT2D eigenvalue weighted by Gasteiger charge is 2.37. The summed E-state index contributed by atoms with van der Waals surface area (Å²) in [4.78, 5) is 2.41. The molecule has 1 aliphatic rings. The van der Waals surface area contributed by atoms with Crippen molar-refractivity contribution in [3.63, 3.8) is 0 Å². The summed E-state index contributed by atoms with van der Waals surface area (Å²) in [5.41, 5.74) is 14.8. The summed E-state index contributed by atoms with van der Waals surface area (Å²) in [6.45, 7) is 4.71. The Morgan fingerprint density at radius 3 is 1.92 bits per heavy atom. The van der Waals surface area contributed by atoms with Crippen LogP contribution in [-0.4, -0.2) is 0 Å². The Labute approximate surface area is 297 Å². The number of furan rings is 1. The van der Waals surface area contributed by atoms with Crippen molar-refractivity contribution in [2.24, 2.45) is 0 Å². The number of nitrogens with zero attached hydrogens (tertiary/aromatic N) is 1. The molecule has 0 radical (unpaired) electrons. The lowest BCUT2D eigenvalue weighted by atomic mass is 9.81. The number of rotatable bonds is 5. The van der Waals surface area contributed by atoms with Crippen molar-refractivity contribution in [1.29, 1.82) is 0 Å². The van der Waals surface area contributed by atoms with Gasteiger partial charge in [-0.1, -0.05) is 153 Å². The predicted molar refractivity (Wildman–Crippen MR) is 214 cm³/mol. The molecule has 242 valence electrons. The van der Waals surface area contributed by atoms with Crippen molar-refractivity contribution in [2.45, 2.75) is 19.3 Å². The minimum absolute atomic E-state index is 0.129. The largest absolute Gasteiger partial charge is 0.454 e. The molecule has 0 saturated carbocycles. The number of fused-ring (bicyclic) bond motifs is 8. The van der Waals surface area contributed by atoms with Gasteiger partial charge in [-0.2, -0.15) is 0 Å². The van der Waals surface area contributed by atoms with Crippen LogP contribution in [0.2, 0.25) is 0 Å². The lowest BCUT2D eigenvalue weighted by molar-refractivity contribution is 0.660. The zero-order valence-electron chi connectivity index (χ0n) is 28.6. The molecule has 0 atom stereocenters. The van der Waals surface area contributed by atoms with Gasteiger partial charge >= 0.3 is 0 Å². The minimum atomic E-state index is -0.129. The van der Waals surface area contributed by atoms with Crippen LogP contribution in [0.1, 0.15) is 25.0 Å². The van der Waals surface area contributed by atoms with E-state index in [1.807, 2.05) is 0 Å². The van der Waals surface area contributed by atoms with E-state index in [-0.39, 0.29) is 5.41 Å². The normalized spacial score (nSPS) is 13.1. The summed E-state index contributed by atoms with van der Waals surface area (Å²) in [7, 11) is 0. The zero-order chi connectivity index (χ0) is 34.1. The number of anilines is 3. The second-order valence-corrected chi connectivity index (χ2v) is 14.1. The van der Waals surface area contributed by atoms with Crippen LogP contribution in [0.15, 0.2) is 180 Å². The summed E-state index contributed by atoms with van der Waals surface area (Å²) in [5, 5.41) is 4.67. The first-order valence-electron chi connectivity index (χ1n) is 17.7. The van der Waals surface area contributed by atoms with E-state index in [4.69, 9.17) is 4.42 Å². The Kier molecular flexibility index (Phi) is 6.56. The molecule has 0 aliphatic heterocycles. The summed E-state index contributed by atoms with van der Waals surface area (Å²) in [5.74, 6) is 0. The van der Waals surface area contributed by atoms with Crippen molar-refractivity contribution in [3.8, 4) is 33.4 Å². The standard InChI is InChI=1S/C49H35NO/c1-49(2)42-22-12-11-20-38(42)41-31-45(40(30-43(41)49)34-16-7-4-8-17-34)50(36-27-24-33(25-28-36)32-14-5-3-6-15-32)44-23-13-21-39-47-37-19-10-9-18-35(37)26-29-46(47)51-48(39)44/h3-31H,1-2H3. The molecule has 0 N–H and O–H groups in total. The van der Waals surface area contributed by atoms with Gasteiger partial charge in [-0.15, -0.1) is 0 Å². The van der Waals surface area contributed by atoms with E-state index in [9.17, 15) is 0 Å². The molecule has 0 unspecified atom stereocenters. The fraction of sp³-hybridized carbons (Fsp3) is 0.0612. The number of hydrogen-bond acceptors (Lipinski definition) is 2. The van der Waals surface area contributed by atoms with Crippen molar-refractivity contribution in [1.82, 2.24) is 0 Å². The van der Waals surface area contributed by atoms with E-state index < -0.39 is 0 Å². The van der Waals surface area contributed by atoms with Crippen molar-refractivity contribution in [2.75, 3.05) is 4.90 Å². The number of hydrogen-bond donors (Lipinski definition) is 0. The van der Waals surface area contributed by atoms with Gasteiger partial charge in [0, 0.05) is 27.4 Å². The van der Waals surface area contributed by atoms with Crippen LogP contribution in [0.25, 0.3) is 66.1 Å². The molecule has 0 saturated heterocycles. The van der Waals surface area contributed by atoms with Crippen LogP contribution >= 0.6 is 0 Å². The van der Waals surface area contributed by atoms with Crippen LogP contribution in [0, 0.1) is 0 Å². The molecule has 1 aromatic heterocycles. The van der Waals surface area contributed by atoms with Crippen LogP contribution < -0.4 is 4.90 Å². The third-order valence-corrected chi connectivity index (χ3v) is 10.9.